The first kappa shape index (κ1) is 15.0. The first-order valence-corrected chi connectivity index (χ1v) is 6.68. The molecule has 0 amide bonds. The monoisotopic (exact) mass is 286 g/mol. The molecule has 0 saturated carbocycles. The van der Waals surface area contributed by atoms with E-state index in [1.165, 1.54) is 6.20 Å². The number of esters is 1. The van der Waals surface area contributed by atoms with E-state index in [4.69, 9.17) is 4.74 Å². The topological polar surface area (TPSA) is 61.2 Å². The fourth-order valence-corrected chi connectivity index (χ4v) is 1.89. The van der Waals surface area contributed by atoms with E-state index in [1.807, 2.05) is 32.9 Å². The standard InChI is InChI=1S/C16H18N2O3/c1-16(2,3)21-15(20)14-7-5-4-6-13(14)10-18-9-12(11-19)8-17-18/h4-9,11H,10H2,1-3H3. The highest BCUT2D eigenvalue weighted by atomic mass is 16.6. The molecule has 1 aromatic heterocycles. The highest BCUT2D eigenvalue weighted by Gasteiger charge is 2.20. The summed E-state index contributed by atoms with van der Waals surface area (Å²) in [5.41, 5.74) is 1.27. The molecule has 1 heterocycles. The van der Waals surface area contributed by atoms with Gasteiger partial charge in [-0.1, -0.05) is 18.2 Å². The molecule has 0 saturated heterocycles. The summed E-state index contributed by atoms with van der Waals surface area (Å²) >= 11 is 0. The third-order valence-corrected chi connectivity index (χ3v) is 2.76. The molecule has 0 spiro atoms. The number of aldehydes is 1. The first-order chi connectivity index (χ1) is 9.89. The van der Waals surface area contributed by atoms with Crippen LogP contribution in [0.25, 0.3) is 0 Å². The lowest BCUT2D eigenvalue weighted by Gasteiger charge is -2.20. The maximum Gasteiger partial charge on any atom is 0.338 e. The number of hydrogen-bond donors (Lipinski definition) is 0. The van der Waals surface area contributed by atoms with Crippen LogP contribution in [0.3, 0.4) is 0 Å². The average molecular weight is 286 g/mol. The predicted molar refractivity (Wildman–Crippen MR) is 78.3 cm³/mol. The van der Waals surface area contributed by atoms with Gasteiger partial charge in [-0.05, 0) is 32.4 Å². The molecule has 0 aliphatic carbocycles. The molecular weight excluding hydrogens is 268 g/mol. The summed E-state index contributed by atoms with van der Waals surface area (Å²) < 4.78 is 7.02. The van der Waals surface area contributed by atoms with Gasteiger partial charge in [0.2, 0.25) is 0 Å². The lowest BCUT2D eigenvalue weighted by molar-refractivity contribution is 0.00681. The van der Waals surface area contributed by atoms with E-state index in [2.05, 4.69) is 5.10 Å². The highest BCUT2D eigenvalue weighted by molar-refractivity contribution is 5.91. The quantitative estimate of drug-likeness (QED) is 0.640. The fraction of sp³-hybridized carbons (Fsp3) is 0.312. The van der Waals surface area contributed by atoms with Crippen LogP contribution in [0.15, 0.2) is 36.7 Å². The Morgan fingerprint density at radius 2 is 2.05 bits per heavy atom. The molecule has 0 aliphatic rings. The van der Waals surface area contributed by atoms with Crippen molar-refractivity contribution in [2.24, 2.45) is 0 Å². The zero-order chi connectivity index (χ0) is 15.5. The SMILES string of the molecule is CC(C)(C)OC(=O)c1ccccc1Cn1cc(C=O)cn1. The van der Waals surface area contributed by atoms with Crippen LogP contribution in [-0.4, -0.2) is 27.6 Å². The first-order valence-electron chi connectivity index (χ1n) is 6.68. The summed E-state index contributed by atoms with van der Waals surface area (Å²) in [6, 6.07) is 7.23. The van der Waals surface area contributed by atoms with Gasteiger partial charge in [-0.2, -0.15) is 5.10 Å². The Labute approximate surface area is 123 Å². The van der Waals surface area contributed by atoms with Gasteiger partial charge < -0.3 is 4.74 Å². The third-order valence-electron chi connectivity index (χ3n) is 2.76. The van der Waals surface area contributed by atoms with Crippen LogP contribution in [0.1, 0.15) is 47.1 Å². The fourth-order valence-electron chi connectivity index (χ4n) is 1.89. The molecular formula is C16H18N2O3. The number of rotatable bonds is 4. The summed E-state index contributed by atoms with van der Waals surface area (Å²) in [5, 5.41) is 4.09. The van der Waals surface area contributed by atoms with E-state index < -0.39 is 5.60 Å². The molecule has 0 N–H and O–H groups in total. The summed E-state index contributed by atoms with van der Waals surface area (Å²) in [6.45, 7) is 5.90. The van der Waals surface area contributed by atoms with Crippen molar-refractivity contribution in [3.8, 4) is 0 Å². The highest BCUT2D eigenvalue weighted by Crippen LogP contribution is 2.16. The van der Waals surface area contributed by atoms with Crippen molar-refractivity contribution in [2.75, 3.05) is 0 Å². The molecule has 1 aromatic carbocycles. The Morgan fingerprint density at radius 1 is 1.33 bits per heavy atom. The minimum atomic E-state index is -0.541. The number of hydrogen-bond acceptors (Lipinski definition) is 4. The molecule has 110 valence electrons. The average Bonchev–Trinajstić information content (AvgIpc) is 2.85. The molecule has 2 rings (SSSR count). The number of aromatic nitrogens is 2. The summed E-state index contributed by atoms with van der Waals surface area (Å²) in [4.78, 5) is 22.9. The maximum atomic E-state index is 12.2. The van der Waals surface area contributed by atoms with Gasteiger partial charge in [-0.25, -0.2) is 4.79 Å². The second kappa shape index (κ2) is 5.91. The molecule has 5 nitrogen and oxygen atoms in total. The van der Waals surface area contributed by atoms with Crippen LogP contribution in [0.4, 0.5) is 0 Å². The lowest BCUT2D eigenvalue weighted by atomic mass is 10.1. The van der Waals surface area contributed by atoms with Crippen LogP contribution in [0.2, 0.25) is 0 Å². The molecule has 0 fully saturated rings. The van der Waals surface area contributed by atoms with E-state index in [9.17, 15) is 9.59 Å². The van der Waals surface area contributed by atoms with Crippen molar-refractivity contribution in [3.63, 3.8) is 0 Å². The van der Waals surface area contributed by atoms with Gasteiger partial charge in [0.25, 0.3) is 0 Å². The number of nitrogens with zero attached hydrogens (tertiary/aromatic N) is 2. The zero-order valence-corrected chi connectivity index (χ0v) is 12.4. The number of benzene rings is 1. The Balaban J connectivity index is 2.24. The van der Waals surface area contributed by atoms with E-state index >= 15 is 0 Å². The molecule has 21 heavy (non-hydrogen) atoms. The van der Waals surface area contributed by atoms with Crippen LogP contribution in [0, 0.1) is 0 Å². The maximum absolute atomic E-state index is 12.2. The van der Waals surface area contributed by atoms with Gasteiger partial charge in [0.05, 0.1) is 23.9 Å². The van der Waals surface area contributed by atoms with Crippen molar-refractivity contribution in [2.45, 2.75) is 32.9 Å². The molecule has 2 aromatic rings. The molecule has 0 unspecified atom stereocenters. The van der Waals surface area contributed by atoms with Crippen molar-refractivity contribution in [1.82, 2.24) is 9.78 Å². The lowest BCUT2D eigenvalue weighted by Crippen LogP contribution is -2.24. The molecule has 0 bridgehead atoms. The van der Waals surface area contributed by atoms with Crippen molar-refractivity contribution >= 4 is 12.3 Å². The van der Waals surface area contributed by atoms with Gasteiger partial charge in [-0.3, -0.25) is 9.48 Å². The van der Waals surface area contributed by atoms with Gasteiger partial charge >= 0.3 is 5.97 Å². The van der Waals surface area contributed by atoms with Gasteiger partial charge in [0.15, 0.2) is 6.29 Å². The molecule has 0 atom stereocenters. The summed E-state index contributed by atoms with van der Waals surface area (Å²) in [5.74, 6) is -0.360. The number of carbonyl (C=O) groups excluding carboxylic acids is 2. The van der Waals surface area contributed by atoms with Crippen LogP contribution >= 0.6 is 0 Å². The Kier molecular flexibility index (Phi) is 4.21. The van der Waals surface area contributed by atoms with Crippen molar-refractivity contribution < 1.29 is 14.3 Å². The van der Waals surface area contributed by atoms with E-state index in [0.29, 0.717) is 17.7 Å². The minimum Gasteiger partial charge on any atom is -0.456 e. The van der Waals surface area contributed by atoms with E-state index in [1.54, 1.807) is 23.0 Å². The van der Waals surface area contributed by atoms with E-state index in [0.717, 1.165) is 11.8 Å². The second-order valence-corrected chi connectivity index (χ2v) is 5.75. The van der Waals surface area contributed by atoms with Crippen molar-refractivity contribution in [1.29, 1.82) is 0 Å². The Bertz CT molecular complexity index is 654. The summed E-state index contributed by atoms with van der Waals surface area (Å²) in [6.07, 6.45) is 3.87. The molecule has 0 radical (unpaired) electrons. The minimum absolute atomic E-state index is 0.360. The largest absolute Gasteiger partial charge is 0.456 e. The third kappa shape index (κ3) is 4.02. The van der Waals surface area contributed by atoms with Crippen LogP contribution in [-0.2, 0) is 11.3 Å². The Hall–Kier alpha value is -2.43. The zero-order valence-electron chi connectivity index (χ0n) is 12.4. The van der Waals surface area contributed by atoms with Crippen LogP contribution < -0.4 is 0 Å². The molecule has 5 heteroatoms. The smallest absolute Gasteiger partial charge is 0.338 e. The Morgan fingerprint density at radius 3 is 2.67 bits per heavy atom. The number of ether oxygens (including phenoxy) is 1. The van der Waals surface area contributed by atoms with Crippen molar-refractivity contribution in [3.05, 3.63) is 53.3 Å². The van der Waals surface area contributed by atoms with Gasteiger partial charge in [0, 0.05) is 6.20 Å². The molecule has 0 aliphatic heterocycles. The van der Waals surface area contributed by atoms with Crippen LogP contribution in [0.5, 0.6) is 0 Å². The summed E-state index contributed by atoms with van der Waals surface area (Å²) in [7, 11) is 0. The normalized spacial score (nSPS) is 11.2. The second-order valence-electron chi connectivity index (χ2n) is 5.75. The number of carbonyl (C=O) groups is 2. The van der Waals surface area contributed by atoms with E-state index in [-0.39, 0.29) is 5.97 Å². The van der Waals surface area contributed by atoms with Gasteiger partial charge in [-0.15, -0.1) is 0 Å². The predicted octanol–water partition coefficient (Wildman–Crippen LogP) is 2.70. The van der Waals surface area contributed by atoms with Gasteiger partial charge in [0.1, 0.15) is 5.60 Å².